The van der Waals surface area contributed by atoms with Crippen LogP contribution in [0.2, 0.25) is 0 Å². The number of halogens is 1. The molecule has 1 aliphatic heterocycles. The van der Waals surface area contributed by atoms with E-state index in [1.54, 1.807) is 21.0 Å². The van der Waals surface area contributed by atoms with E-state index in [-0.39, 0.29) is 30.5 Å². The molecule has 1 aromatic rings. The monoisotopic (exact) mass is 539 g/mol. The number of aliphatic hydroxyl groups is 2. The molecule has 1 unspecified atom stereocenters. The largest absolute Gasteiger partial charge is 0.473 e. The van der Waals surface area contributed by atoms with Crippen molar-refractivity contribution in [1.29, 1.82) is 0 Å². The molecule has 1 aromatic heterocycles. The molecule has 2 heterocycles. The molecule has 37 heavy (non-hydrogen) atoms. The zero-order valence-corrected chi connectivity index (χ0v) is 23.6. The first-order chi connectivity index (χ1) is 17.3. The van der Waals surface area contributed by atoms with Gasteiger partial charge in [-0.15, -0.1) is 0 Å². The van der Waals surface area contributed by atoms with E-state index in [0.717, 1.165) is 5.57 Å². The number of thiazole rings is 1. The lowest BCUT2D eigenvalue weighted by molar-refractivity contribution is -0.162. The van der Waals surface area contributed by atoms with Crippen LogP contribution < -0.4 is 4.74 Å². The Bertz CT molecular complexity index is 997. The minimum Gasteiger partial charge on any atom is -0.473 e. The number of ether oxygens (including phenoxy) is 2. The van der Waals surface area contributed by atoms with E-state index in [0.29, 0.717) is 36.6 Å². The van der Waals surface area contributed by atoms with Gasteiger partial charge in [-0.05, 0) is 61.5 Å². The van der Waals surface area contributed by atoms with Gasteiger partial charge < -0.3 is 19.7 Å². The van der Waals surface area contributed by atoms with Crippen molar-refractivity contribution in [3.8, 4) is 5.19 Å². The lowest BCUT2D eigenvalue weighted by atomic mass is 9.60. The number of rotatable bonds is 4. The van der Waals surface area contributed by atoms with Crippen LogP contribution in [0.15, 0.2) is 11.0 Å². The summed E-state index contributed by atoms with van der Waals surface area (Å²) in [6.07, 6.45) is 1.42. The molecule has 2 N–H and O–H groups in total. The Morgan fingerprint density at radius 3 is 2.65 bits per heavy atom. The first kappa shape index (κ1) is 29.7. The molecule has 7 nitrogen and oxygen atoms in total. The summed E-state index contributed by atoms with van der Waals surface area (Å²) in [6, 6.07) is 0. The van der Waals surface area contributed by atoms with E-state index in [2.05, 4.69) is 4.98 Å². The highest BCUT2D eigenvalue weighted by Crippen LogP contribution is 2.46. The van der Waals surface area contributed by atoms with Crippen molar-refractivity contribution in [2.45, 2.75) is 91.5 Å². The predicted octanol–water partition coefficient (Wildman–Crippen LogP) is 5.00. The average molecular weight is 540 g/mol. The van der Waals surface area contributed by atoms with E-state index in [1.807, 2.05) is 32.2 Å². The van der Waals surface area contributed by atoms with Gasteiger partial charge in [-0.25, -0.2) is 4.98 Å². The average Bonchev–Trinajstić information content (AvgIpc) is 3.31. The maximum absolute atomic E-state index is 14.5. The molecule has 8 atom stereocenters. The zero-order chi connectivity index (χ0) is 27.5. The molecule has 1 aliphatic carbocycles. The van der Waals surface area contributed by atoms with Crippen LogP contribution in [0.25, 0.3) is 6.08 Å². The van der Waals surface area contributed by atoms with Crippen molar-refractivity contribution < 1.29 is 33.7 Å². The zero-order valence-electron chi connectivity index (χ0n) is 22.8. The minimum absolute atomic E-state index is 0.112. The van der Waals surface area contributed by atoms with Crippen molar-refractivity contribution in [3.05, 3.63) is 16.6 Å². The van der Waals surface area contributed by atoms with Crippen LogP contribution in [0.1, 0.15) is 78.8 Å². The minimum atomic E-state index is -1.23. The number of alkyl halides is 1. The Morgan fingerprint density at radius 1 is 1.32 bits per heavy atom. The van der Waals surface area contributed by atoms with Crippen molar-refractivity contribution in [2.24, 2.45) is 28.6 Å². The van der Waals surface area contributed by atoms with Gasteiger partial charge >= 0.3 is 5.97 Å². The van der Waals surface area contributed by atoms with Gasteiger partial charge in [0.15, 0.2) is 0 Å². The van der Waals surface area contributed by atoms with Crippen molar-refractivity contribution in [2.75, 3.05) is 13.8 Å². The number of aromatic nitrogens is 1. The van der Waals surface area contributed by atoms with E-state index >= 15 is 0 Å². The van der Waals surface area contributed by atoms with Crippen LogP contribution in [0, 0.1) is 28.6 Å². The van der Waals surface area contributed by atoms with Crippen LogP contribution in [0.3, 0.4) is 0 Å². The summed E-state index contributed by atoms with van der Waals surface area (Å²) in [4.78, 5) is 30.6. The Kier molecular flexibility index (Phi) is 9.56. The number of esters is 1. The number of aliphatic hydroxyl groups excluding tert-OH is 2. The molecule has 9 heteroatoms. The first-order valence-electron chi connectivity index (χ1n) is 13.2. The first-order valence-corrected chi connectivity index (χ1v) is 14.1. The number of nitrogens with zero attached hydrogens (tertiary/aromatic N) is 1. The third-order valence-electron chi connectivity index (χ3n) is 8.97. The summed E-state index contributed by atoms with van der Waals surface area (Å²) in [5.74, 6) is -1.83. The number of hydrogen-bond acceptors (Lipinski definition) is 8. The van der Waals surface area contributed by atoms with Gasteiger partial charge in [0.2, 0.25) is 0 Å². The topological polar surface area (TPSA) is 106 Å². The Morgan fingerprint density at radius 2 is 2.03 bits per heavy atom. The molecule has 1 saturated carbocycles. The second-order valence-corrected chi connectivity index (χ2v) is 12.5. The summed E-state index contributed by atoms with van der Waals surface area (Å²) in [7, 11) is 1.55. The summed E-state index contributed by atoms with van der Waals surface area (Å²) in [5.41, 5.74) is -0.369. The van der Waals surface area contributed by atoms with E-state index in [9.17, 15) is 24.2 Å². The highest BCUT2D eigenvalue weighted by atomic mass is 32.1. The lowest BCUT2D eigenvalue weighted by Crippen LogP contribution is -2.54. The molecule has 2 fully saturated rings. The third-order valence-corrected chi connectivity index (χ3v) is 9.79. The fourth-order valence-corrected chi connectivity index (χ4v) is 6.51. The number of carbonyl (C=O) groups excluding carboxylic acids is 2. The van der Waals surface area contributed by atoms with Crippen LogP contribution in [0.5, 0.6) is 5.19 Å². The third kappa shape index (κ3) is 6.42. The highest BCUT2D eigenvalue weighted by Gasteiger charge is 2.52. The molecule has 3 rings (SSSR count). The van der Waals surface area contributed by atoms with Crippen LogP contribution in [-0.2, 0) is 14.3 Å². The van der Waals surface area contributed by atoms with Gasteiger partial charge in [-0.3, -0.25) is 14.0 Å². The standard InChI is InChI=1S/C28H42FNO6S/c1-16(10-20-14-37-26(30-20)35-6)21-11-17(2)27(4,15-29)9-7-8-19-13-28(5,22(31)12-23(32)36-21)25(34)18(3)24(19)33/h10,14,17-19,21-22,24,31,33H,7-9,11-13,15H2,1-6H3/b16-10+/t17?,18-,19-,21+,22+,24-,27-,28-/m1/s1. The number of hydrogen-bond donors (Lipinski definition) is 2. The lowest BCUT2D eigenvalue weighted by Gasteiger charge is -2.46. The fourth-order valence-electron chi connectivity index (χ4n) is 5.91. The summed E-state index contributed by atoms with van der Waals surface area (Å²) in [6.45, 7) is 8.59. The normalized spacial score (nSPS) is 38.6. The molecular formula is C28H42FNO6S. The number of cyclic esters (lactones) is 1. The quantitative estimate of drug-likeness (QED) is 0.519. The van der Waals surface area contributed by atoms with Gasteiger partial charge in [0.1, 0.15) is 11.9 Å². The Balaban J connectivity index is 1.94. The SMILES string of the molecule is COc1nc(/C=C(\C)[C@@H]2CC(C)[C@@](C)(CF)CCC[C@@H]3C[C@@](C)(C(=O)[C@H](C)[C@H]3O)[C@@H](O)CC(=O)O2)cs1. The van der Waals surface area contributed by atoms with Crippen molar-refractivity contribution in [1.82, 2.24) is 4.98 Å². The fraction of sp³-hybridized carbons (Fsp3) is 0.750. The number of carbonyl (C=O) groups is 2. The maximum Gasteiger partial charge on any atom is 0.309 e. The number of fused-ring (bicyclic) bond motifs is 2. The Hall–Kier alpha value is -1.84. The van der Waals surface area contributed by atoms with E-state index in [4.69, 9.17) is 9.47 Å². The van der Waals surface area contributed by atoms with Crippen LogP contribution in [0.4, 0.5) is 4.39 Å². The summed E-state index contributed by atoms with van der Waals surface area (Å²) in [5, 5.41) is 24.3. The molecular weight excluding hydrogens is 497 g/mol. The van der Waals surface area contributed by atoms with Crippen LogP contribution >= 0.6 is 11.3 Å². The molecule has 0 amide bonds. The number of ketones is 1. The Labute approximate surface area is 223 Å². The number of methoxy groups -OCH3 is 1. The summed E-state index contributed by atoms with van der Waals surface area (Å²) >= 11 is 1.36. The molecule has 2 aliphatic rings. The maximum atomic E-state index is 14.5. The second-order valence-electron chi connectivity index (χ2n) is 11.7. The van der Waals surface area contributed by atoms with Gasteiger partial charge in [0.25, 0.3) is 5.19 Å². The van der Waals surface area contributed by atoms with Crippen LogP contribution in [-0.4, -0.2) is 59.0 Å². The summed E-state index contributed by atoms with van der Waals surface area (Å²) < 4.78 is 25.5. The predicted molar refractivity (Wildman–Crippen MR) is 141 cm³/mol. The molecule has 1 saturated heterocycles. The second kappa shape index (κ2) is 11.9. The van der Waals surface area contributed by atoms with Crippen molar-refractivity contribution in [3.63, 3.8) is 0 Å². The highest BCUT2D eigenvalue weighted by molar-refractivity contribution is 7.11. The van der Waals surface area contributed by atoms with Gasteiger partial charge in [0.05, 0.1) is 43.5 Å². The van der Waals surface area contributed by atoms with E-state index in [1.165, 1.54) is 11.3 Å². The van der Waals surface area contributed by atoms with E-state index < -0.39 is 47.7 Å². The molecule has 0 radical (unpaired) electrons. The van der Waals surface area contributed by atoms with Gasteiger partial charge in [-0.1, -0.05) is 45.5 Å². The molecule has 208 valence electrons. The van der Waals surface area contributed by atoms with Crippen molar-refractivity contribution >= 4 is 29.2 Å². The number of Topliss-reactive ketones (excluding diaryl/α,β-unsaturated/α-hetero) is 1. The molecule has 0 spiro atoms. The smallest absolute Gasteiger partial charge is 0.309 e. The molecule has 2 bridgehead atoms. The van der Waals surface area contributed by atoms with Gasteiger partial charge in [0, 0.05) is 11.3 Å². The van der Waals surface area contributed by atoms with Gasteiger partial charge in [-0.2, -0.15) is 0 Å². The molecule has 0 aromatic carbocycles.